The summed E-state index contributed by atoms with van der Waals surface area (Å²) in [6.45, 7) is 3.75. The van der Waals surface area contributed by atoms with Gasteiger partial charge >= 0.3 is 0 Å². The van der Waals surface area contributed by atoms with Gasteiger partial charge in [0.05, 0.1) is 5.54 Å². The summed E-state index contributed by atoms with van der Waals surface area (Å²) in [7, 11) is 0. The zero-order valence-electron chi connectivity index (χ0n) is 10.4. The van der Waals surface area contributed by atoms with Crippen LogP contribution >= 0.6 is 0 Å². The average Bonchev–Trinajstić information content (AvgIpc) is 2.75. The lowest BCUT2D eigenvalue weighted by molar-refractivity contribution is -0.117. The third-order valence-corrected chi connectivity index (χ3v) is 3.09. The van der Waals surface area contributed by atoms with E-state index in [-0.39, 0.29) is 17.3 Å². The third kappa shape index (κ3) is 3.40. The number of nitrogens with one attached hydrogen (secondary N) is 2. The molecule has 1 aromatic carbocycles. The molecule has 0 aromatic heterocycles. The normalized spacial score (nSPS) is 23.4. The molecule has 0 aliphatic carbocycles. The molecule has 2 N–H and O–H groups in total. The van der Waals surface area contributed by atoms with E-state index in [4.69, 9.17) is 0 Å². The Morgan fingerprint density at radius 1 is 1.44 bits per heavy atom. The molecule has 1 aliphatic rings. The van der Waals surface area contributed by atoms with Crippen LogP contribution in [-0.4, -0.2) is 24.5 Å². The van der Waals surface area contributed by atoms with Crippen molar-refractivity contribution in [1.82, 2.24) is 10.6 Å². The number of benzene rings is 1. The molecule has 0 bridgehead atoms. The highest BCUT2D eigenvalue weighted by Crippen LogP contribution is 2.13. The van der Waals surface area contributed by atoms with Crippen molar-refractivity contribution in [3.05, 3.63) is 41.7 Å². The molecule has 4 heteroatoms. The molecule has 1 saturated heterocycles. The number of carbonyl (C=O) groups excluding carboxylic acids is 1. The molecule has 0 spiro atoms. The van der Waals surface area contributed by atoms with Crippen molar-refractivity contribution in [1.29, 1.82) is 0 Å². The number of halogens is 1. The van der Waals surface area contributed by atoms with Crippen molar-refractivity contribution >= 4 is 12.0 Å². The molecule has 3 nitrogen and oxygen atoms in total. The highest BCUT2D eigenvalue weighted by molar-refractivity contribution is 5.92. The number of hydrogen-bond donors (Lipinski definition) is 2. The molecule has 1 unspecified atom stereocenters. The number of amides is 1. The van der Waals surface area contributed by atoms with Crippen molar-refractivity contribution in [2.75, 3.05) is 13.1 Å². The minimum Gasteiger partial charge on any atom is -0.346 e. The van der Waals surface area contributed by atoms with Crippen molar-refractivity contribution in [3.8, 4) is 0 Å². The van der Waals surface area contributed by atoms with Gasteiger partial charge in [-0.05, 0) is 43.7 Å². The fourth-order valence-corrected chi connectivity index (χ4v) is 2.01. The van der Waals surface area contributed by atoms with Gasteiger partial charge in [0.15, 0.2) is 0 Å². The fraction of sp³-hybridized carbons (Fsp3) is 0.357. The largest absolute Gasteiger partial charge is 0.346 e. The lowest BCUT2D eigenvalue weighted by atomic mass is 10.0. The maximum Gasteiger partial charge on any atom is 0.244 e. The van der Waals surface area contributed by atoms with E-state index in [1.807, 2.05) is 6.92 Å². The second-order valence-corrected chi connectivity index (χ2v) is 4.86. The quantitative estimate of drug-likeness (QED) is 0.799. The first-order valence-corrected chi connectivity index (χ1v) is 6.04. The van der Waals surface area contributed by atoms with Crippen molar-refractivity contribution < 1.29 is 9.18 Å². The van der Waals surface area contributed by atoms with E-state index in [9.17, 15) is 9.18 Å². The van der Waals surface area contributed by atoms with Gasteiger partial charge in [-0.2, -0.15) is 0 Å². The van der Waals surface area contributed by atoms with E-state index in [0.717, 1.165) is 25.1 Å². The summed E-state index contributed by atoms with van der Waals surface area (Å²) in [5.74, 6) is -0.397. The summed E-state index contributed by atoms with van der Waals surface area (Å²) in [6.07, 6.45) is 4.10. The van der Waals surface area contributed by atoms with Gasteiger partial charge in [-0.15, -0.1) is 0 Å². The molecule has 0 saturated carbocycles. The maximum atomic E-state index is 12.7. The van der Waals surface area contributed by atoms with Gasteiger partial charge in [0.2, 0.25) is 5.91 Å². The number of hydrogen-bond acceptors (Lipinski definition) is 2. The van der Waals surface area contributed by atoms with Gasteiger partial charge in [0, 0.05) is 12.6 Å². The Morgan fingerprint density at radius 3 is 2.78 bits per heavy atom. The smallest absolute Gasteiger partial charge is 0.244 e. The van der Waals surface area contributed by atoms with Crippen LogP contribution in [0.3, 0.4) is 0 Å². The van der Waals surface area contributed by atoms with Gasteiger partial charge < -0.3 is 10.6 Å². The SMILES string of the molecule is CC1(NC(=O)/C=C/c2ccc(F)cc2)CCNC1. The van der Waals surface area contributed by atoms with Crippen LogP contribution < -0.4 is 10.6 Å². The van der Waals surface area contributed by atoms with Crippen LogP contribution in [0.1, 0.15) is 18.9 Å². The summed E-state index contributed by atoms with van der Waals surface area (Å²) in [6, 6.07) is 6.02. The zero-order valence-corrected chi connectivity index (χ0v) is 10.4. The summed E-state index contributed by atoms with van der Waals surface area (Å²) in [4.78, 5) is 11.7. The molecule has 1 atom stereocenters. The van der Waals surface area contributed by atoms with Crippen LogP contribution in [-0.2, 0) is 4.79 Å². The Hall–Kier alpha value is -1.68. The molecule has 96 valence electrons. The van der Waals surface area contributed by atoms with Crippen LogP contribution in [0.25, 0.3) is 6.08 Å². The van der Waals surface area contributed by atoms with Crippen LogP contribution in [0.5, 0.6) is 0 Å². The van der Waals surface area contributed by atoms with Gasteiger partial charge in [-0.1, -0.05) is 12.1 Å². The molecular formula is C14H17FN2O. The zero-order chi connectivity index (χ0) is 13.0. The topological polar surface area (TPSA) is 41.1 Å². The third-order valence-electron chi connectivity index (χ3n) is 3.09. The van der Waals surface area contributed by atoms with E-state index in [1.54, 1.807) is 18.2 Å². The van der Waals surface area contributed by atoms with Crippen LogP contribution in [0.2, 0.25) is 0 Å². The van der Waals surface area contributed by atoms with Crippen LogP contribution in [0, 0.1) is 5.82 Å². The average molecular weight is 248 g/mol. The number of carbonyl (C=O) groups is 1. The maximum absolute atomic E-state index is 12.7. The Labute approximate surface area is 106 Å². The van der Waals surface area contributed by atoms with Crippen molar-refractivity contribution in [2.24, 2.45) is 0 Å². The van der Waals surface area contributed by atoms with Crippen LogP contribution in [0.4, 0.5) is 4.39 Å². The first-order valence-electron chi connectivity index (χ1n) is 6.04. The molecule has 1 aliphatic heterocycles. The Kier molecular flexibility index (Phi) is 3.77. The first-order chi connectivity index (χ1) is 8.57. The Morgan fingerprint density at radius 2 is 2.17 bits per heavy atom. The summed E-state index contributed by atoms with van der Waals surface area (Å²) in [5.41, 5.74) is 0.644. The summed E-state index contributed by atoms with van der Waals surface area (Å²) < 4.78 is 12.7. The van der Waals surface area contributed by atoms with Gasteiger partial charge in [-0.25, -0.2) is 4.39 Å². The molecule has 1 aromatic rings. The Balaban J connectivity index is 1.92. The van der Waals surface area contributed by atoms with Crippen molar-refractivity contribution in [2.45, 2.75) is 18.9 Å². The first kappa shape index (κ1) is 12.8. The monoisotopic (exact) mass is 248 g/mol. The molecule has 2 rings (SSSR count). The molecular weight excluding hydrogens is 231 g/mol. The second-order valence-electron chi connectivity index (χ2n) is 4.86. The molecule has 1 amide bonds. The van der Waals surface area contributed by atoms with Crippen molar-refractivity contribution in [3.63, 3.8) is 0 Å². The van der Waals surface area contributed by atoms with Gasteiger partial charge in [-0.3, -0.25) is 4.79 Å². The molecule has 18 heavy (non-hydrogen) atoms. The standard InChI is InChI=1S/C14H17FN2O/c1-14(8-9-16-10-14)17-13(18)7-4-11-2-5-12(15)6-3-11/h2-7,16H,8-10H2,1H3,(H,17,18)/b7-4+. The highest BCUT2D eigenvalue weighted by atomic mass is 19.1. The van der Waals surface area contributed by atoms with E-state index in [2.05, 4.69) is 10.6 Å². The lowest BCUT2D eigenvalue weighted by Crippen LogP contribution is -2.46. The lowest BCUT2D eigenvalue weighted by Gasteiger charge is -2.23. The molecule has 1 fully saturated rings. The predicted octanol–water partition coefficient (Wildman–Crippen LogP) is 1.71. The summed E-state index contributed by atoms with van der Waals surface area (Å²) >= 11 is 0. The second kappa shape index (κ2) is 5.31. The van der Waals surface area contributed by atoms with E-state index >= 15 is 0 Å². The molecule has 0 radical (unpaired) electrons. The minimum absolute atomic E-state index is 0.120. The van der Waals surface area contributed by atoms with Crippen LogP contribution in [0.15, 0.2) is 30.3 Å². The molecule has 1 heterocycles. The minimum atomic E-state index is -0.277. The van der Waals surface area contributed by atoms with E-state index < -0.39 is 0 Å². The highest BCUT2D eigenvalue weighted by Gasteiger charge is 2.29. The van der Waals surface area contributed by atoms with Gasteiger partial charge in [0.1, 0.15) is 5.82 Å². The Bertz CT molecular complexity index is 447. The van der Waals surface area contributed by atoms with E-state index in [1.165, 1.54) is 18.2 Å². The predicted molar refractivity (Wildman–Crippen MR) is 69.5 cm³/mol. The van der Waals surface area contributed by atoms with Gasteiger partial charge in [0.25, 0.3) is 0 Å². The van der Waals surface area contributed by atoms with E-state index in [0.29, 0.717) is 0 Å². The fourth-order valence-electron chi connectivity index (χ4n) is 2.01. The summed E-state index contributed by atoms with van der Waals surface area (Å²) in [5, 5.41) is 6.19. The number of rotatable bonds is 3.